The Morgan fingerprint density at radius 2 is 2.25 bits per heavy atom. The van der Waals surface area contributed by atoms with Crippen LogP contribution in [0.2, 0.25) is 0 Å². The first-order chi connectivity index (χ1) is 11.6. The molecule has 1 N–H and O–H groups in total. The van der Waals surface area contributed by atoms with Gasteiger partial charge in [-0.25, -0.2) is 4.39 Å². The van der Waals surface area contributed by atoms with Gasteiger partial charge in [0.05, 0.1) is 4.47 Å². The number of benzene rings is 1. The number of carbonyl (C=O) groups excluding carboxylic acids is 1. The first kappa shape index (κ1) is 17.1. The van der Waals surface area contributed by atoms with Crippen LogP contribution in [0.1, 0.15) is 5.56 Å². The number of aromatic nitrogens is 4. The van der Waals surface area contributed by atoms with E-state index in [9.17, 15) is 9.18 Å². The van der Waals surface area contributed by atoms with Crippen molar-refractivity contribution >= 4 is 50.1 Å². The first-order valence-electron chi connectivity index (χ1n) is 6.78. The monoisotopic (exact) mass is 427 g/mol. The third-order valence-electron chi connectivity index (χ3n) is 2.90. The Hall–Kier alpha value is -1.78. The Morgan fingerprint density at radius 1 is 1.38 bits per heavy atom. The van der Waals surface area contributed by atoms with E-state index in [0.717, 1.165) is 0 Å². The van der Waals surface area contributed by atoms with E-state index in [1.807, 2.05) is 0 Å². The van der Waals surface area contributed by atoms with Gasteiger partial charge in [0.1, 0.15) is 12.4 Å². The van der Waals surface area contributed by atoms with Gasteiger partial charge in [0.15, 0.2) is 4.34 Å². The molecule has 6 nitrogen and oxygen atoms in total. The minimum atomic E-state index is -0.276. The Labute approximate surface area is 153 Å². The number of hydrogen-bond acceptors (Lipinski definition) is 6. The van der Waals surface area contributed by atoms with Gasteiger partial charge in [0, 0.05) is 18.1 Å². The predicted molar refractivity (Wildman–Crippen MR) is 94.4 cm³/mol. The van der Waals surface area contributed by atoms with Crippen molar-refractivity contribution in [2.45, 2.75) is 16.6 Å². The van der Waals surface area contributed by atoms with Gasteiger partial charge in [-0.1, -0.05) is 35.2 Å². The smallest absolute Gasteiger partial charge is 0.247 e. The highest BCUT2D eigenvalue weighted by Crippen LogP contribution is 2.30. The summed E-state index contributed by atoms with van der Waals surface area (Å²) in [5.74, 6) is -0.0760. The Morgan fingerprint density at radius 3 is 3.04 bits per heavy atom. The molecule has 3 rings (SSSR count). The van der Waals surface area contributed by atoms with Crippen LogP contribution >= 0.6 is 39.0 Å². The molecule has 2 heterocycles. The zero-order valence-electron chi connectivity index (χ0n) is 12.1. The SMILES string of the molecule is O=C(Cn1cccn1)Nc1nnc(SCc2cccc(Br)c2F)s1. The lowest BCUT2D eigenvalue weighted by atomic mass is 10.2. The number of amides is 1. The minimum absolute atomic E-state index is 0.109. The summed E-state index contributed by atoms with van der Waals surface area (Å²) in [5, 5.41) is 15.0. The molecule has 0 aliphatic carbocycles. The van der Waals surface area contributed by atoms with E-state index in [-0.39, 0.29) is 18.3 Å². The van der Waals surface area contributed by atoms with Crippen molar-refractivity contribution in [2.24, 2.45) is 0 Å². The number of anilines is 1. The van der Waals surface area contributed by atoms with E-state index in [1.165, 1.54) is 27.8 Å². The maximum Gasteiger partial charge on any atom is 0.247 e. The van der Waals surface area contributed by atoms with Gasteiger partial charge in [-0.15, -0.1) is 10.2 Å². The second-order valence-corrected chi connectivity index (χ2v) is 7.68. The molecule has 1 aromatic carbocycles. The van der Waals surface area contributed by atoms with Gasteiger partial charge in [-0.3, -0.25) is 14.8 Å². The molecule has 0 bridgehead atoms. The molecular formula is C14H11BrFN5OS2. The summed E-state index contributed by atoms with van der Waals surface area (Å²) >= 11 is 5.78. The van der Waals surface area contributed by atoms with E-state index in [2.05, 4.69) is 36.5 Å². The van der Waals surface area contributed by atoms with Gasteiger partial charge in [0.2, 0.25) is 11.0 Å². The fourth-order valence-electron chi connectivity index (χ4n) is 1.82. The number of thioether (sulfide) groups is 1. The minimum Gasteiger partial charge on any atom is -0.299 e. The largest absolute Gasteiger partial charge is 0.299 e. The fourth-order valence-corrected chi connectivity index (χ4v) is 3.97. The van der Waals surface area contributed by atoms with Crippen LogP contribution in [0.25, 0.3) is 0 Å². The number of halogens is 2. The first-order valence-corrected chi connectivity index (χ1v) is 9.38. The Kier molecular flexibility index (Phi) is 5.59. The maximum atomic E-state index is 13.9. The summed E-state index contributed by atoms with van der Waals surface area (Å²) in [6.07, 6.45) is 3.31. The Balaban J connectivity index is 1.55. The van der Waals surface area contributed by atoms with E-state index in [1.54, 1.807) is 36.7 Å². The normalized spacial score (nSPS) is 10.8. The van der Waals surface area contributed by atoms with E-state index >= 15 is 0 Å². The molecule has 0 aliphatic heterocycles. The lowest BCUT2D eigenvalue weighted by Crippen LogP contribution is -2.18. The van der Waals surface area contributed by atoms with Gasteiger partial charge >= 0.3 is 0 Å². The second kappa shape index (κ2) is 7.86. The highest BCUT2D eigenvalue weighted by atomic mass is 79.9. The van der Waals surface area contributed by atoms with E-state index in [4.69, 9.17) is 0 Å². The van der Waals surface area contributed by atoms with Crippen LogP contribution in [0, 0.1) is 5.82 Å². The van der Waals surface area contributed by atoms with Gasteiger partial charge in [0.25, 0.3) is 0 Å². The van der Waals surface area contributed by atoms with E-state index in [0.29, 0.717) is 25.3 Å². The van der Waals surface area contributed by atoms with Crippen molar-refractivity contribution < 1.29 is 9.18 Å². The zero-order chi connectivity index (χ0) is 16.9. The van der Waals surface area contributed by atoms with Crippen molar-refractivity contribution in [3.63, 3.8) is 0 Å². The summed E-state index contributed by atoms with van der Waals surface area (Å²) in [4.78, 5) is 11.9. The van der Waals surface area contributed by atoms with Crippen molar-refractivity contribution in [3.05, 3.63) is 52.5 Å². The van der Waals surface area contributed by atoms with Crippen LogP contribution in [0.5, 0.6) is 0 Å². The molecule has 24 heavy (non-hydrogen) atoms. The summed E-state index contributed by atoms with van der Waals surface area (Å²) in [6.45, 7) is 0.109. The van der Waals surface area contributed by atoms with Crippen molar-refractivity contribution in [2.75, 3.05) is 5.32 Å². The molecule has 3 aromatic rings. The summed E-state index contributed by atoms with van der Waals surface area (Å²) in [6, 6.07) is 6.90. The number of hydrogen-bond donors (Lipinski definition) is 1. The Bertz CT molecular complexity index is 840. The van der Waals surface area contributed by atoms with Crippen molar-refractivity contribution in [1.82, 2.24) is 20.0 Å². The average Bonchev–Trinajstić information content (AvgIpc) is 3.21. The summed E-state index contributed by atoms with van der Waals surface area (Å²) in [7, 11) is 0. The number of carbonyl (C=O) groups is 1. The molecule has 0 saturated carbocycles. The number of rotatable bonds is 6. The molecule has 2 aromatic heterocycles. The zero-order valence-corrected chi connectivity index (χ0v) is 15.4. The topological polar surface area (TPSA) is 72.7 Å². The van der Waals surface area contributed by atoms with Crippen LogP contribution in [-0.2, 0) is 17.1 Å². The van der Waals surface area contributed by atoms with Gasteiger partial charge in [-0.2, -0.15) is 5.10 Å². The number of nitrogens with zero attached hydrogens (tertiary/aromatic N) is 4. The molecular weight excluding hydrogens is 417 g/mol. The van der Waals surface area contributed by atoms with Crippen molar-refractivity contribution in [1.29, 1.82) is 0 Å². The quantitative estimate of drug-likeness (QED) is 0.480. The second-order valence-electron chi connectivity index (χ2n) is 4.63. The molecule has 124 valence electrons. The van der Waals surface area contributed by atoms with Crippen molar-refractivity contribution in [3.8, 4) is 0 Å². The lowest BCUT2D eigenvalue weighted by Gasteiger charge is -2.02. The molecule has 0 fully saturated rings. The van der Waals surface area contributed by atoms with E-state index < -0.39 is 0 Å². The lowest BCUT2D eigenvalue weighted by molar-refractivity contribution is -0.116. The standard InChI is InChI=1S/C14H11BrFN5OS2/c15-10-4-1-3-9(12(10)16)8-23-14-20-19-13(24-14)18-11(22)7-21-6-2-5-17-21/h1-6H,7-8H2,(H,18,19,22). The fraction of sp³-hybridized carbons (Fsp3) is 0.143. The van der Waals surface area contributed by atoms with Gasteiger partial charge in [-0.05, 0) is 33.6 Å². The molecule has 0 spiro atoms. The predicted octanol–water partition coefficient (Wildman–Crippen LogP) is 3.57. The third kappa shape index (κ3) is 4.40. The molecule has 1 amide bonds. The summed E-state index contributed by atoms with van der Waals surface area (Å²) < 4.78 is 16.5. The highest BCUT2D eigenvalue weighted by molar-refractivity contribution is 9.10. The third-order valence-corrected chi connectivity index (χ3v) is 5.53. The van der Waals surface area contributed by atoms with Crippen LogP contribution < -0.4 is 5.32 Å². The average molecular weight is 428 g/mol. The van der Waals surface area contributed by atoms with Crippen LogP contribution in [0.15, 0.2) is 45.5 Å². The molecule has 0 aliphatic rings. The molecule has 0 atom stereocenters. The molecule has 0 saturated heterocycles. The summed E-state index contributed by atoms with van der Waals surface area (Å²) in [5.41, 5.74) is 0.578. The van der Waals surface area contributed by atoms with Crippen LogP contribution in [0.3, 0.4) is 0 Å². The molecule has 0 radical (unpaired) electrons. The maximum absolute atomic E-state index is 13.9. The van der Waals surface area contributed by atoms with Crippen LogP contribution in [0.4, 0.5) is 9.52 Å². The van der Waals surface area contributed by atoms with Gasteiger partial charge < -0.3 is 0 Å². The highest BCUT2D eigenvalue weighted by Gasteiger charge is 2.11. The molecule has 10 heteroatoms. The molecule has 0 unspecified atom stereocenters. The van der Waals surface area contributed by atoms with Crippen LogP contribution in [-0.4, -0.2) is 25.9 Å². The number of nitrogens with one attached hydrogen (secondary N) is 1.